The van der Waals surface area contributed by atoms with Gasteiger partial charge in [0.2, 0.25) is 70.9 Å². The van der Waals surface area contributed by atoms with E-state index in [2.05, 4.69) is 16.0 Å². The molecule has 4 saturated carbocycles. The number of hydrogen-bond acceptors (Lipinski definition) is 13. The van der Waals surface area contributed by atoms with Crippen molar-refractivity contribution in [3.63, 3.8) is 0 Å². The van der Waals surface area contributed by atoms with E-state index in [4.69, 9.17) is 16.3 Å². The topological polar surface area (TPSA) is 279 Å². The molecule has 0 radical (unpaired) electrons. The highest BCUT2D eigenvalue weighted by Crippen LogP contribution is 2.49. The number of nitrogens with one attached hydrogen (secondary N) is 3. The first-order valence-corrected chi connectivity index (χ1v) is 38.7. The van der Waals surface area contributed by atoms with Gasteiger partial charge in [-0.05, 0) is 125 Å². The molecule has 7 aliphatic rings. The number of benzene rings is 1. The Morgan fingerprint density at radius 1 is 0.638 bits per heavy atom. The molecule has 7 atom stereocenters. The number of ether oxygens (including phenoxy) is 1. The molecule has 8 rings (SSSR count). The zero-order chi connectivity index (χ0) is 77.0. The number of halogens is 4. The lowest BCUT2D eigenvalue weighted by Gasteiger charge is -2.56. The smallest absolute Gasteiger partial charge is 0.380 e. The van der Waals surface area contributed by atoms with Crippen molar-refractivity contribution < 1.29 is 75.4 Å². The Hall–Kier alpha value is -7.10. The van der Waals surface area contributed by atoms with Crippen LogP contribution in [0.4, 0.5) is 13.2 Å². The molecule has 3 saturated heterocycles. The number of alkyl halides is 3. The summed E-state index contributed by atoms with van der Waals surface area (Å²) in [6.07, 6.45) is 7.27. The summed E-state index contributed by atoms with van der Waals surface area (Å²) < 4.78 is 47.6. The predicted octanol–water partition coefficient (Wildman–Crippen LogP) is 6.44. The number of likely N-dealkylation sites (tertiary alicyclic amines) is 1. The van der Waals surface area contributed by atoms with E-state index in [1.165, 1.54) is 79.9 Å². The largest absolute Gasteiger partial charge is 0.417 e. The molecule has 2 spiro atoms. The van der Waals surface area contributed by atoms with E-state index >= 15 is 28.8 Å². The molecule has 1 aromatic rings. The molecule has 586 valence electrons. The number of carbonyl (C=O) groups is 12. The molecule has 0 unspecified atom stereocenters. The summed E-state index contributed by atoms with van der Waals surface area (Å²) in [7, 11) is 10.0. The molecule has 1 aromatic carbocycles. The van der Waals surface area contributed by atoms with Crippen LogP contribution in [0.2, 0.25) is 5.02 Å². The number of amides is 12. The fourth-order valence-electron chi connectivity index (χ4n) is 16.9. The summed E-state index contributed by atoms with van der Waals surface area (Å²) in [5.74, 6) is -8.83. The van der Waals surface area contributed by atoms with Gasteiger partial charge in [-0.15, -0.1) is 0 Å². The van der Waals surface area contributed by atoms with Gasteiger partial charge < -0.3 is 64.8 Å². The van der Waals surface area contributed by atoms with Crippen molar-refractivity contribution >= 4 is 82.5 Å². The van der Waals surface area contributed by atoms with Crippen molar-refractivity contribution in [3.05, 3.63) is 34.3 Å². The highest BCUT2D eigenvalue weighted by atomic mass is 35.5. The van der Waals surface area contributed by atoms with Crippen LogP contribution in [0.25, 0.3) is 0 Å². The minimum atomic E-state index is -4.77. The van der Waals surface area contributed by atoms with E-state index in [1.807, 2.05) is 20.8 Å². The zero-order valence-corrected chi connectivity index (χ0v) is 64.5. The third-order valence-corrected chi connectivity index (χ3v) is 24.0. The van der Waals surface area contributed by atoms with Gasteiger partial charge in [0, 0.05) is 73.9 Å². The quantitative estimate of drug-likeness (QED) is 0.203. The molecule has 0 bridgehead atoms. The average molecular weight is 1500 g/mol. The number of piperidine rings is 1. The first kappa shape index (κ1) is 83.5. The molecule has 7 fully saturated rings. The van der Waals surface area contributed by atoms with Crippen molar-refractivity contribution in [1.29, 1.82) is 0 Å². The third kappa shape index (κ3) is 20.8. The Labute approximate surface area is 622 Å². The molecular weight excluding hydrogens is 1380 g/mol. The Kier molecular flexibility index (Phi) is 29.2. The van der Waals surface area contributed by atoms with Crippen LogP contribution in [0, 0.1) is 29.1 Å². The highest BCUT2D eigenvalue weighted by Gasteiger charge is 2.55. The van der Waals surface area contributed by atoms with Gasteiger partial charge in [0.25, 0.3) is 0 Å². The summed E-state index contributed by atoms with van der Waals surface area (Å²) in [5.41, 5.74) is -2.67. The van der Waals surface area contributed by atoms with Crippen molar-refractivity contribution in [2.24, 2.45) is 29.1 Å². The Morgan fingerprint density at radius 2 is 1.23 bits per heavy atom. The average Bonchev–Trinajstić information content (AvgIpc) is 1.77. The molecule has 29 heteroatoms. The zero-order valence-electron chi connectivity index (χ0n) is 63.8. The van der Waals surface area contributed by atoms with E-state index < -0.39 is 180 Å². The van der Waals surface area contributed by atoms with Gasteiger partial charge in [0.1, 0.15) is 41.8 Å². The van der Waals surface area contributed by atoms with Crippen LogP contribution in [-0.4, -0.2) is 265 Å². The summed E-state index contributed by atoms with van der Waals surface area (Å²) in [6.45, 7) is 6.60. The monoisotopic (exact) mass is 1500 g/mol. The van der Waals surface area contributed by atoms with Gasteiger partial charge in [0.05, 0.1) is 56.4 Å². The van der Waals surface area contributed by atoms with Crippen LogP contribution < -0.4 is 16.0 Å². The van der Waals surface area contributed by atoms with Gasteiger partial charge in [0.15, 0.2) is 0 Å². The molecule has 12 amide bonds. The first-order chi connectivity index (χ1) is 49.6. The van der Waals surface area contributed by atoms with Gasteiger partial charge in [-0.2, -0.15) is 13.2 Å². The molecular formula is C76H116ClF3N12O13. The fraction of sp³-hybridized carbons (Fsp3) is 0.763. The second-order valence-electron chi connectivity index (χ2n) is 32.1. The minimum Gasteiger partial charge on any atom is -0.380 e. The molecule has 3 heterocycles. The molecule has 3 N–H and O–H groups in total. The summed E-state index contributed by atoms with van der Waals surface area (Å²) in [5, 5.41) is 8.23. The van der Waals surface area contributed by atoms with Crippen molar-refractivity contribution in [1.82, 2.24) is 60.0 Å². The number of rotatable bonds is 12. The standard InChI is InChI=1S/C76H116ClF3N12O13/c1-12-49(4)65-71(102)86(7)44-63(96)84(5)45-64(97)88(9)58(38-50-24-16-13-17-25-50)69(100)85(6)42-60(93)81-56(31-29-51-28-30-54(55(77)37-51)76(78,79)80)68(99)92(53-40-74(41-53)46-105-47-74)43-61(94)83-75(32-20-21-33-75)73(104)90(11)66(52-26-18-14-19-27-52)72(103)89(10)59(70(101)91-34-22-15-23-35-91)39-62(95)87(8)57(36-48(2)3)67(98)82-65/h28,30,37,48-50,52-53,56-59,65-66H,12-27,29,31-36,38-47H2,1-11H3,(H,81,93)(H,82,98)(H,83,94)/t49-,56-,57-,58-,59-,65-,66-/m0/s1. The van der Waals surface area contributed by atoms with Gasteiger partial charge in [-0.25, -0.2) is 0 Å². The van der Waals surface area contributed by atoms with Crippen LogP contribution in [0.3, 0.4) is 0 Å². The Bertz CT molecular complexity index is 3290. The summed E-state index contributed by atoms with van der Waals surface area (Å²) >= 11 is 6.22. The van der Waals surface area contributed by atoms with Gasteiger partial charge >= 0.3 is 6.18 Å². The van der Waals surface area contributed by atoms with E-state index in [0.717, 1.165) is 84.6 Å². The van der Waals surface area contributed by atoms with Crippen molar-refractivity contribution in [3.8, 4) is 0 Å². The lowest BCUT2D eigenvalue weighted by Crippen LogP contribution is -2.66. The van der Waals surface area contributed by atoms with E-state index in [1.54, 1.807) is 11.8 Å². The summed E-state index contributed by atoms with van der Waals surface area (Å²) in [6, 6.07) is -4.99. The maximum Gasteiger partial charge on any atom is 0.417 e. The van der Waals surface area contributed by atoms with Crippen LogP contribution in [0.5, 0.6) is 0 Å². The Balaban J connectivity index is 1.19. The lowest BCUT2D eigenvalue weighted by atomic mass is 9.63. The third-order valence-electron chi connectivity index (χ3n) is 23.7. The minimum absolute atomic E-state index is 0.0103. The number of hydrogen-bond donors (Lipinski definition) is 3. The van der Waals surface area contributed by atoms with Crippen LogP contribution in [0.15, 0.2) is 18.2 Å². The van der Waals surface area contributed by atoms with Crippen LogP contribution in [0.1, 0.15) is 193 Å². The van der Waals surface area contributed by atoms with Crippen LogP contribution in [-0.2, 0) is 74.9 Å². The molecule has 4 aliphatic carbocycles. The fourth-order valence-corrected chi connectivity index (χ4v) is 17.2. The number of aryl methyl sites for hydroxylation is 1. The second kappa shape index (κ2) is 36.7. The maximum absolute atomic E-state index is 15.9. The SMILES string of the molecule is CC[C@H](C)[C@@H]1NC(=O)[C@H](CC(C)C)N(C)C(=O)C[C@@H](C(=O)N2CCCCC2)N(C)C(=O)[C@H](C2CCCCC2)N(C)C(=O)C2(CCCC2)NC(=O)CN(C2CC3(COC3)C2)C(=O)[C@H](CCc2ccc(C(F)(F)F)c(Cl)c2)NC(=O)CN(C)C(=O)[C@H](CC2CCCCC2)N(C)C(=O)CN(C)C(=O)CN(C)C1=O. The predicted molar refractivity (Wildman–Crippen MR) is 387 cm³/mol. The molecule has 105 heavy (non-hydrogen) atoms. The normalized spacial score (nSPS) is 26.9. The van der Waals surface area contributed by atoms with E-state index in [9.17, 15) is 41.9 Å². The van der Waals surface area contributed by atoms with Crippen molar-refractivity contribution in [2.45, 2.75) is 242 Å². The van der Waals surface area contributed by atoms with E-state index in [0.29, 0.717) is 89.7 Å². The Morgan fingerprint density at radius 3 is 1.81 bits per heavy atom. The molecule has 3 aliphatic heterocycles. The first-order valence-electron chi connectivity index (χ1n) is 38.3. The van der Waals surface area contributed by atoms with Gasteiger partial charge in [-0.1, -0.05) is 116 Å². The number of likely N-dealkylation sites (N-methyl/N-ethyl adjacent to an activating group) is 7. The maximum atomic E-state index is 15.9. The molecule has 25 nitrogen and oxygen atoms in total. The van der Waals surface area contributed by atoms with Crippen molar-refractivity contribution in [2.75, 3.05) is 102 Å². The highest BCUT2D eigenvalue weighted by molar-refractivity contribution is 6.31. The van der Waals surface area contributed by atoms with E-state index in [-0.39, 0.29) is 55.8 Å². The van der Waals surface area contributed by atoms with Crippen LogP contribution >= 0.6 is 11.6 Å². The number of nitrogens with zero attached hydrogens (tertiary/aromatic N) is 9. The van der Waals surface area contributed by atoms with Gasteiger partial charge in [-0.3, -0.25) is 57.5 Å². The lowest BCUT2D eigenvalue weighted by molar-refractivity contribution is -0.189. The number of carbonyl (C=O) groups excluding carboxylic acids is 12. The summed E-state index contributed by atoms with van der Waals surface area (Å²) in [4.78, 5) is 193. The second-order valence-corrected chi connectivity index (χ2v) is 32.5. The molecule has 0 aromatic heterocycles.